The molecule has 1 aromatic carbocycles. The van der Waals surface area contributed by atoms with Crippen LogP contribution in [0.5, 0.6) is 0 Å². The Balaban J connectivity index is 2.26. The third-order valence-electron chi connectivity index (χ3n) is 3.65. The van der Waals surface area contributed by atoms with Crippen molar-refractivity contribution in [3.8, 4) is 0 Å². The number of aromatic nitrogens is 1. The molecule has 1 saturated heterocycles. The Morgan fingerprint density at radius 3 is 2.94 bits per heavy atom. The third-order valence-corrected chi connectivity index (χ3v) is 4.14. The van der Waals surface area contributed by atoms with Gasteiger partial charge < -0.3 is 9.88 Å². The molecule has 3 nitrogen and oxygen atoms in total. The van der Waals surface area contributed by atoms with E-state index in [1.54, 1.807) is 4.57 Å². The number of nitrogens with zero attached hydrogens (tertiary/aromatic N) is 1. The van der Waals surface area contributed by atoms with Crippen LogP contribution in [-0.2, 0) is 7.05 Å². The maximum atomic E-state index is 12.4. The number of halogens is 1. The molecule has 1 fully saturated rings. The minimum atomic E-state index is 0.115. The topological polar surface area (TPSA) is 34.0 Å². The maximum Gasteiger partial charge on any atom is 0.255 e. The second kappa shape index (κ2) is 4.52. The quantitative estimate of drug-likeness (QED) is 0.879. The molecule has 1 aliphatic heterocycles. The second-order valence-corrected chi connectivity index (χ2v) is 5.73. The number of hydrogen-bond donors (Lipinski definition) is 1. The molecule has 1 aliphatic rings. The van der Waals surface area contributed by atoms with Crippen LogP contribution < -0.4 is 10.9 Å². The smallest absolute Gasteiger partial charge is 0.255 e. The lowest BCUT2D eigenvalue weighted by Crippen LogP contribution is -2.27. The maximum absolute atomic E-state index is 12.4. The Bertz CT molecular complexity index is 657. The van der Waals surface area contributed by atoms with Gasteiger partial charge in [-0.1, -0.05) is 15.9 Å². The summed E-state index contributed by atoms with van der Waals surface area (Å²) in [6, 6.07) is 8.26. The summed E-state index contributed by atoms with van der Waals surface area (Å²) in [6.07, 6.45) is 2.19. The Labute approximate surface area is 114 Å². The number of hydrogen-bond acceptors (Lipinski definition) is 2. The van der Waals surface area contributed by atoms with Gasteiger partial charge in [0.2, 0.25) is 0 Å². The Morgan fingerprint density at radius 2 is 2.22 bits per heavy atom. The van der Waals surface area contributed by atoms with Gasteiger partial charge in [0, 0.05) is 23.1 Å². The summed E-state index contributed by atoms with van der Waals surface area (Å²) in [6.45, 7) is 1.00. The second-order valence-electron chi connectivity index (χ2n) is 4.82. The highest BCUT2D eigenvalue weighted by Crippen LogP contribution is 2.25. The Kier molecular flexibility index (Phi) is 2.99. The van der Waals surface area contributed by atoms with E-state index in [9.17, 15) is 4.79 Å². The molecule has 1 aromatic heterocycles. The lowest BCUT2D eigenvalue weighted by molar-refractivity contribution is 0.633. The zero-order valence-electron chi connectivity index (χ0n) is 10.2. The van der Waals surface area contributed by atoms with Gasteiger partial charge in [0.25, 0.3) is 5.56 Å². The first-order valence-electron chi connectivity index (χ1n) is 6.19. The highest BCUT2D eigenvalue weighted by atomic mass is 79.9. The predicted molar refractivity (Wildman–Crippen MR) is 76.9 cm³/mol. The van der Waals surface area contributed by atoms with Crippen molar-refractivity contribution in [1.29, 1.82) is 0 Å². The molecule has 4 heteroatoms. The molecule has 0 radical (unpaired) electrons. The molecule has 1 N–H and O–H groups in total. The van der Waals surface area contributed by atoms with Gasteiger partial charge in [-0.2, -0.15) is 0 Å². The van der Waals surface area contributed by atoms with Gasteiger partial charge >= 0.3 is 0 Å². The lowest BCUT2D eigenvalue weighted by atomic mass is 10.0. The standard InChI is InChI=1S/C14H15BrN2O/c1-17-13-5-4-10(15)7-9(13)8-11(14(17)18)12-3-2-6-16-12/h4-5,7-8,12,16H,2-3,6H2,1H3. The van der Waals surface area contributed by atoms with Crippen molar-refractivity contribution in [1.82, 2.24) is 9.88 Å². The summed E-state index contributed by atoms with van der Waals surface area (Å²) in [5, 5.41) is 4.50. The summed E-state index contributed by atoms with van der Waals surface area (Å²) in [5.41, 5.74) is 1.98. The number of nitrogens with one attached hydrogen (secondary N) is 1. The van der Waals surface area contributed by atoms with Crippen LogP contribution >= 0.6 is 15.9 Å². The molecular weight excluding hydrogens is 292 g/mol. The monoisotopic (exact) mass is 306 g/mol. The number of aryl methyl sites for hydroxylation is 1. The summed E-state index contributed by atoms with van der Waals surface area (Å²) in [7, 11) is 1.84. The molecule has 1 unspecified atom stereocenters. The van der Waals surface area contributed by atoms with E-state index in [1.807, 2.05) is 25.2 Å². The van der Waals surface area contributed by atoms with E-state index in [2.05, 4.69) is 27.3 Å². The fraction of sp³-hybridized carbons (Fsp3) is 0.357. The SMILES string of the molecule is Cn1c(=O)c(C2CCCN2)cc2cc(Br)ccc21. The predicted octanol–water partition coefficient (Wildman–Crippen LogP) is 2.73. The number of pyridine rings is 1. The van der Waals surface area contributed by atoms with Gasteiger partial charge in [0.1, 0.15) is 0 Å². The molecule has 0 spiro atoms. The van der Waals surface area contributed by atoms with Gasteiger partial charge in [0.15, 0.2) is 0 Å². The largest absolute Gasteiger partial charge is 0.311 e. The van der Waals surface area contributed by atoms with Crippen LogP contribution in [0.1, 0.15) is 24.4 Å². The van der Waals surface area contributed by atoms with E-state index in [1.165, 1.54) is 0 Å². The van der Waals surface area contributed by atoms with Crippen LogP contribution in [0, 0.1) is 0 Å². The normalized spacial score (nSPS) is 19.6. The number of rotatable bonds is 1. The van der Waals surface area contributed by atoms with Crippen molar-refractivity contribution in [2.24, 2.45) is 7.05 Å². The van der Waals surface area contributed by atoms with Crippen molar-refractivity contribution < 1.29 is 0 Å². The first kappa shape index (κ1) is 11.9. The first-order chi connectivity index (χ1) is 8.66. The summed E-state index contributed by atoms with van der Waals surface area (Å²) in [4.78, 5) is 12.4. The summed E-state index contributed by atoms with van der Waals surface area (Å²) in [5.74, 6) is 0. The van der Waals surface area contributed by atoms with Crippen molar-refractivity contribution >= 4 is 26.8 Å². The molecule has 2 heterocycles. The minimum absolute atomic E-state index is 0.115. The molecule has 2 aromatic rings. The van der Waals surface area contributed by atoms with Crippen molar-refractivity contribution in [2.75, 3.05) is 6.54 Å². The highest BCUT2D eigenvalue weighted by molar-refractivity contribution is 9.10. The number of fused-ring (bicyclic) bond motifs is 1. The molecule has 0 amide bonds. The molecular formula is C14H15BrN2O. The fourth-order valence-corrected chi connectivity index (χ4v) is 3.06. The van der Waals surface area contributed by atoms with Crippen LogP contribution in [-0.4, -0.2) is 11.1 Å². The molecule has 18 heavy (non-hydrogen) atoms. The van der Waals surface area contributed by atoms with Crippen LogP contribution in [0.25, 0.3) is 10.9 Å². The van der Waals surface area contributed by atoms with Gasteiger partial charge in [0.05, 0.1) is 5.52 Å². The fourth-order valence-electron chi connectivity index (χ4n) is 2.68. The van der Waals surface area contributed by atoms with Gasteiger partial charge in [-0.05, 0) is 49.0 Å². The molecule has 0 saturated carbocycles. The van der Waals surface area contributed by atoms with Crippen LogP contribution in [0.4, 0.5) is 0 Å². The van der Waals surface area contributed by atoms with Crippen molar-refractivity contribution in [2.45, 2.75) is 18.9 Å². The molecule has 0 bridgehead atoms. The minimum Gasteiger partial charge on any atom is -0.311 e. The average Bonchev–Trinajstić information content (AvgIpc) is 2.87. The highest BCUT2D eigenvalue weighted by Gasteiger charge is 2.20. The summed E-state index contributed by atoms with van der Waals surface area (Å²) < 4.78 is 2.79. The van der Waals surface area contributed by atoms with Crippen molar-refractivity contribution in [3.05, 3.63) is 44.7 Å². The van der Waals surface area contributed by atoms with Gasteiger partial charge in [-0.25, -0.2) is 0 Å². The summed E-state index contributed by atoms with van der Waals surface area (Å²) >= 11 is 3.48. The van der Waals surface area contributed by atoms with E-state index in [4.69, 9.17) is 0 Å². The Morgan fingerprint density at radius 1 is 1.39 bits per heavy atom. The van der Waals surface area contributed by atoms with E-state index < -0.39 is 0 Å². The number of benzene rings is 1. The zero-order valence-corrected chi connectivity index (χ0v) is 11.8. The zero-order chi connectivity index (χ0) is 12.7. The molecule has 3 rings (SSSR count). The van der Waals surface area contributed by atoms with E-state index in [0.717, 1.165) is 40.3 Å². The van der Waals surface area contributed by atoms with Crippen LogP contribution in [0.3, 0.4) is 0 Å². The van der Waals surface area contributed by atoms with Crippen molar-refractivity contribution in [3.63, 3.8) is 0 Å². The Hall–Kier alpha value is -1.13. The van der Waals surface area contributed by atoms with Gasteiger partial charge in [-0.15, -0.1) is 0 Å². The van der Waals surface area contributed by atoms with E-state index in [-0.39, 0.29) is 11.6 Å². The van der Waals surface area contributed by atoms with Crippen LogP contribution in [0.15, 0.2) is 33.5 Å². The van der Waals surface area contributed by atoms with Gasteiger partial charge in [-0.3, -0.25) is 4.79 Å². The molecule has 0 aliphatic carbocycles. The molecule has 94 valence electrons. The third kappa shape index (κ3) is 1.89. The average molecular weight is 307 g/mol. The molecule has 1 atom stereocenters. The van der Waals surface area contributed by atoms with Crippen LogP contribution in [0.2, 0.25) is 0 Å². The van der Waals surface area contributed by atoms with E-state index >= 15 is 0 Å². The first-order valence-corrected chi connectivity index (χ1v) is 6.99. The lowest BCUT2D eigenvalue weighted by Gasteiger charge is -2.14. The van der Waals surface area contributed by atoms with E-state index in [0.29, 0.717) is 0 Å².